The first-order valence-corrected chi connectivity index (χ1v) is 17.7. The second-order valence-electron chi connectivity index (χ2n) is 12.6. The van der Waals surface area contributed by atoms with Crippen molar-refractivity contribution in [2.45, 2.75) is 206 Å². The molecule has 0 saturated heterocycles. The molecule has 0 aromatic rings. The maximum Gasteiger partial charge on any atom is 0.222 e. The van der Waals surface area contributed by atoms with Crippen LogP contribution < -0.4 is 10.6 Å². The lowest BCUT2D eigenvalue weighted by atomic mass is 10.0. The van der Waals surface area contributed by atoms with Crippen molar-refractivity contribution in [1.29, 1.82) is 0 Å². The molecule has 0 bridgehead atoms. The number of aliphatic hydroxyl groups is 1. The van der Waals surface area contributed by atoms with Crippen molar-refractivity contribution in [2.75, 3.05) is 6.54 Å². The molecule has 0 saturated carbocycles. The van der Waals surface area contributed by atoms with Gasteiger partial charge in [-0.3, -0.25) is 9.59 Å². The van der Waals surface area contributed by atoms with Gasteiger partial charge in [-0.15, -0.1) is 0 Å². The normalized spacial score (nSPS) is 12.8. The molecular weight excluding hydrogens is 496 g/mol. The molecule has 0 fully saturated rings. The Hall–Kier alpha value is -1.10. The zero-order valence-electron chi connectivity index (χ0n) is 27.3. The van der Waals surface area contributed by atoms with Gasteiger partial charge in [0.15, 0.2) is 5.72 Å². The molecule has 5 nitrogen and oxygen atoms in total. The average Bonchev–Trinajstić information content (AvgIpc) is 2.92. The standard InChI is InChI=1S/C35H70N2O3/c1-4-6-8-10-12-14-16-18-20-22-24-26-28-30-33(38)36-32-35(3,40)37-34(39)31-29-27-25-23-21-19-17-15-13-11-9-7-5-2/h40H,4-32H2,1-3H3,(H,36,38)(H,37,39). The number of nitrogens with one attached hydrogen (secondary N) is 2. The van der Waals surface area contributed by atoms with Crippen LogP contribution >= 0.6 is 0 Å². The molecule has 1 unspecified atom stereocenters. The number of rotatable bonds is 31. The van der Waals surface area contributed by atoms with E-state index in [-0.39, 0.29) is 18.4 Å². The van der Waals surface area contributed by atoms with E-state index < -0.39 is 5.72 Å². The fourth-order valence-corrected chi connectivity index (χ4v) is 5.37. The number of hydrogen-bond acceptors (Lipinski definition) is 3. The minimum absolute atomic E-state index is 0.0471. The molecule has 0 spiro atoms. The maximum atomic E-state index is 12.2. The van der Waals surface area contributed by atoms with Crippen molar-refractivity contribution >= 4 is 11.8 Å². The topological polar surface area (TPSA) is 78.4 Å². The molecule has 0 aliphatic carbocycles. The Labute approximate surface area is 249 Å². The van der Waals surface area contributed by atoms with E-state index in [0.717, 1.165) is 25.7 Å². The van der Waals surface area contributed by atoms with Gasteiger partial charge in [0.2, 0.25) is 11.8 Å². The predicted molar refractivity (Wildman–Crippen MR) is 172 cm³/mol. The Morgan fingerprint density at radius 3 is 1.07 bits per heavy atom. The van der Waals surface area contributed by atoms with Crippen LogP contribution in [-0.4, -0.2) is 29.2 Å². The Balaban J connectivity index is 3.54. The summed E-state index contributed by atoms with van der Waals surface area (Å²) in [5.41, 5.74) is -1.40. The van der Waals surface area contributed by atoms with Crippen LogP contribution in [0.3, 0.4) is 0 Å². The molecule has 3 N–H and O–H groups in total. The summed E-state index contributed by atoms with van der Waals surface area (Å²) in [4.78, 5) is 24.4. The van der Waals surface area contributed by atoms with Gasteiger partial charge in [-0.1, -0.05) is 168 Å². The van der Waals surface area contributed by atoms with Crippen molar-refractivity contribution < 1.29 is 14.7 Å². The molecule has 0 radical (unpaired) electrons. The summed E-state index contributed by atoms with van der Waals surface area (Å²) in [6.45, 7) is 6.13. The van der Waals surface area contributed by atoms with Gasteiger partial charge in [-0.05, 0) is 19.8 Å². The highest BCUT2D eigenvalue weighted by molar-refractivity contribution is 5.77. The van der Waals surface area contributed by atoms with Gasteiger partial charge in [0.05, 0.1) is 6.54 Å². The number of carbonyl (C=O) groups is 2. The van der Waals surface area contributed by atoms with Gasteiger partial charge in [-0.2, -0.15) is 0 Å². The second kappa shape index (κ2) is 29.4. The quantitative estimate of drug-likeness (QED) is 0.0577. The van der Waals surface area contributed by atoms with E-state index in [9.17, 15) is 14.7 Å². The maximum absolute atomic E-state index is 12.2. The van der Waals surface area contributed by atoms with Gasteiger partial charge >= 0.3 is 0 Å². The molecule has 2 amide bonds. The summed E-state index contributed by atoms with van der Waals surface area (Å²) in [5.74, 6) is -0.187. The van der Waals surface area contributed by atoms with E-state index >= 15 is 0 Å². The molecule has 0 aromatic heterocycles. The summed E-state index contributed by atoms with van der Waals surface area (Å²) in [7, 11) is 0. The minimum Gasteiger partial charge on any atom is -0.369 e. The Bertz CT molecular complexity index is 565. The molecule has 0 aliphatic rings. The van der Waals surface area contributed by atoms with E-state index in [1.807, 2.05) is 0 Å². The highest BCUT2D eigenvalue weighted by Crippen LogP contribution is 2.14. The number of carbonyl (C=O) groups excluding carboxylic acids is 2. The van der Waals surface area contributed by atoms with E-state index in [1.165, 1.54) is 141 Å². The van der Waals surface area contributed by atoms with Crippen molar-refractivity contribution in [1.82, 2.24) is 10.6 Å². The Morgan fingerprint density at radius 1 is 0.475 bits per heavy atom. The first-order chi connectivity index (χ1) is 19.4. The van der Waals surface area contributed by atoms with Gasteiger partial charge in [0, 0.05) is 12.8 Å². The summed E-state index contributed by atoms with van der Waals surface area (Å²) in [6.07, 6.45) is 34.2. The van der Waals surface area contributed by atoms with Crippen LogP contribution in [0.5, 0.6) is 0 Å². The van der Waals surface area contributed by atoms with Crippen LogP contribution in [0, 0.1) is 0 Å². The first kappa shape index (κ1) is 38.9. The lowest BCUT2D eigenvalue weighted by Crippen LogP contribution is -2.53. The van der Waals surface area contributed by atoms with Crippen molar-refractivity contribution in [2.24, 2.45) is 0 Å². The molecule has 0 rings (SSSR count). The van der Waals surface area contributed by atoms with Crippen molar-refractivity contribution in [3.63, 3.8) is 0 Å². The lowest BCUT2D eigenvalue weighted by Gasteiger charge is -2.25. The monoisotopic (exact) mass is 567 g/mol. The molecular formula is C35H70N2O3. The molecule has 0 aliphatic heterocycles. The summed E-state index contributed by atoms with van der Waals surface area (Å²) in [5, 5.41) is 15.9. The summed E-state index contributed by atoms with van der Waals surface area (Å²) < 4.78 is 0. The summed E-state index contributed by atoms with van der Waals surface area (Å²) >= 11 is 0. The fourth-order valence-electron chi connectivity index (χ4n) is 5.37. The van der Waals surface area contributed by atoms with Gasteiger partial charge in [-0.25, -0.2) is 0 Å². The molecule has 0 aromatic carbocycles. The lowest BCUT2D eigenvalue weighted by molar-refractivity contribution is -0.130. The molecule has 40 heavy (non-hydrogen) atoms. The van der Waals surface area contributed by atoms with Crippen LogP contribution in [0.1, 0.15) is 201 Å². The third-order valence-corrected chi connectivity index (χ3v) is 8.05. The molecule has 238 valence electrons. The summed E-state index contributed by atoms with van der Waals surface area (Å²) in [6, 6.07) is 0. The number of unbranched alkanes of at least 4 members (excludes halogenated alkanes) is 24. The van der Waals surface area contributed by atoms with Crippen LogP contribution in [0.15, 0.2) is 0 Å². The third kappa shape index (κ3) is 29.9. The van der Waals surface area contributed by atoms with Crippen molar-refractivity contribution in [3.8, 4) is 0 Å². The van der Waals surface area contributed by atoms with Crippen LogP contribution in [-0.2, 0) is 9.59 Å². The number of hydrogen-bond donors (Lipinski definition) is 3. The molecule has 1 atom stereocenters. The van der Waals surface area contributed by atoms with Crippen LogP contribution in [0.25, 0.3) is 0 Å². The SMILES string of the molecule is CCCCCCCCCCCCCCCC(=O)NCC(C)(O)NC(=O)CCCCCCCCCCCCCCC. The van der Waals surface area contributed by atoms with Crippen LogP contribution in [0.2, 0.25) is 0 Å². The Kier molecular flexibility index (Phi) is 28.6. The van der Waals surface area contributed by atoms with Gasteiger partial charge < -0.3 is 15.7 Å². The highest BCUT2D eigenvalue weighted by atomic mass is 16.3. The van der Waals surface area contributed by atoms with E-state index in [4.69, 9.17) is 0 Å². The minimum atomic E-state index is -1.40. The van der Waals surface area contributed by atoms with E-state index in [2.05, 4.69) is 24.5 Å². The van der Waals surface area contributed by atoms with E-state index in [0.29, 0.717) is 12.8 Å². The average molecular weight is 567 g/mol. The van der Waals surface area contributed by atoms with Crippen LogP contribution in [0.4, 0.5) is 0 Å². The number of amides is 2. The predicted octanol–water partition coefficient (Wildman–Crippen LogP) is 9.89. The largest absolute Gasteiger partial charge is 0.369 e. The smallest absolute Gasteiger partial charge is 0.222 e. The molecule has 5 heteroatoms. The Morgan fingerprint density at radius 2 is 0.750 bits per heavy atom. The second-order valence-corrected chi connectivity index (χ2v) is 12.6. The third-order valence-electron chi connectivity index (χ3n) is 8.05. The highest BCUT2D eigenvalue weighted by Gasteiger charge is 2.23. The van der Waals surface area contributed by atoms with E-state index in [1.54, 1.807) is 6.92 Å². The van der Waals surface area contributed by atoms with Gasteiger partial charge in [0.1, 0.15) is 0 Å². The first-order valence-electron chi connectivity index (χ1n) is 17.7. The van der Waals surface area contributed by atoms with Crippen molar-refractivity contribution in [3.05, 3.63) is 0 Å². The fraction of sp³-hybridized carbons (Fsp3) is 0.943. The molecule has 0 heterocycles. The van der Waals surface area contributed by atoms with Gasteiger partial charge in [0.25, 0.3) is 0 Å². The zero-order chi connectivity index (χ0) is 29.6. The zero-order valence-corrected chi connectivity index (χ0v) is 27.3.